The summed E-state index contributed by atoms with van der Waals surface area (Å²) in [5.41, 5.74) is 1.69. The SMILES string of the molecule is N#Cc1c(SCC2COC2)nc(N2CC(F)C2)c(C#N)c1-c1ccc(OCCF)cc1. The largest absolute Gasteiger partial charge is 0.491 e. The van der Waals surface area contributed by atoms with Crippen LogP contribution in [0.25, 0.3) is 11.1 Å². The summed E-state index contributed by atoms with van der Waals surface area (Å²) in [5, 5.41) is 20.4. The molecule has 0 aliphatic carbocycles. The molecule has 2 aliphatic heterocycles. The van der Waals surface area contributed by atoms with Crippen LogP contribution in [0.15, 0.2) is 29.3 Å². The number of aromatic nitrogens is 1. The van der Waals surface area contributed by atoms with Gasteiger partial charge in [-0.25, -0.2) is 13.8 Å². The predicted octanol–water partition coefficient (Wildman–Crippen LogP) is 3.74. The van der Waals surface area contributed by atoms with Gasteiger partial charge in [0.25, 0.3) is 0 Å². The fraction of sp³-hybridized carbons (Fsp3) is 0.409. The van der Waals surface area contributed by atoms with E-state index in [0.29, 0.717) is 52.4 Å². The molecule has 3 heterocycles. The van der Waals surface area contributed by atoms with Crippen molar-refractivity contribution in [1.29, 1.82) is 10.5 Å². The van der Waals surface area contributed by atoms with Gasteiger partial charge in [-0.05, 0) is 17.7 Å². The van der Waals surface area contributed by atoms with Gasteiger partial charge in [-0.1, -0.05) is 12.1 Å². The van der Waals surface area contributed by atoms with E-state index < -0.39 is 12.8 Å². The first-order chi connectivity index (χ1) is 15.1. The van der Waals surface area contributed by atoms with Gasteiger partial charge in [0, 0.05) is 17.2 Å². The second kappa shape index (κ2) is 9.51. The van der Waals surface area contributed by atoms with Gasteiger partial charge in [-0.2, -0.15) is 10.5 Å². The number of pyridine rings is 1. The van der Waals surface area contributed by atoms with Crippen LogP contribution in [0.4, 0.5) is 14.6 Å². The minimum absolute atomic E-state index is 0.0450. The normalized spacial score (nSPS) is 16.2. The predicted molar refractivity (Wildman–Crippen MR) is 113 cm³/mol. The summed E-state index contributed by atoms with van der Waals surface area (Å²) in [6, 6.07) is 11.2. The van der Waals surface area contributed by atoms with E-state index in [-0.39, 0.29) is 25.3 Å². The maximum Gasteiger partial charge on any atom is 0.148 e. The molecule has 0 atom stereocenters. The van der Waals surface area contributed by atoms with E-state index in [1.807, 2.05) is 0 Å². The molecule has 0 spiro atoms. The third-order valence-corrected chi connectivity index (χ3v) is 6.36. The van der Waals surface area contributed by atoms with E-state index in [4.69, 9.17) is 9.47 Å². The van der Waals surface area contributed by atoms with Crippen LogP contribution in [0.3, 0.4) is 0 Å². The molecule has 2 aromatic rings. The van der Waals surface area contributed by atoms with Gasteiger partial charge < -0.3 is 14.4 Å². The Morgan fingerprint density at radius 3 is 2.42 bits per heavy atom. The summed E-state index contributed by atoms with van der Waals surface area (Å²) in [7, 11) is 0. The summed E-state index contributed by atoms with van der Waals surface area (Å²) in [5.74, 6) is 2.03. The molecule has 0 saturated carbocycles. The van der Waals surface area contributed by atoms with Crippen molar-refractivity contribution in [2.45, 2.75) is 11.2 Å². The maximum absolute atomic E-state index is 13.5. The van der Waals surface area contributed by atoms with Crippen LogP contribution >= 0.6 is 11.8 Å². The van der Waals surface area contributed by atoms with Crippen LogP contribution in [0.5, 0.6) is 5.75 Å². The van der Waals surface area contributed by atoms with Gasteiger partial charge in [-0.15, -0.1) is 11.8 Å². The Hall–Kier alpha value is -2.88. The number of nitrogens with zero attached hydrogens (tertiary/aromatic N) is 4. The smallest absolute Gasteiger partial charge is 0.148 e. The van der Waals surface area contributed by atoms with E-state index in [0.717, 1.165) is 5.75 Å². The molecule has 0 amide bonds. The van der Waals surface area contributed by atoms with Crippen molar-refractivity contribution in [3.05, 3.63) is 35.4 Å². The zero-order valence-electron chi connectivity index (χ0n) is 16.7. The summed E-state index contributed by atoms with van der Waals surface area (Å²) in [4.78, 5) is 6.34. The fourth-order valence-electron chi connectivity index (χ4n) is 3.43. The minimum atomic E-state index is -0.956. The number of hydrogen-bond acceptors (Lipinski definition) is 7. The van der Waals surface area contributed by atoms with E-state index in [1.54, 1.807) is 29.2 Å². The van der Waals surface area contributed by atoms with Gasteiger partial charge in [0.15, 0.2) is 0 Å². The van der Waals surface area contributed by atoms with Crippen LogP contribution in [-0.2, 0) is 4.74 Å². The fourth-order valence-corrected chi connectivity index (χ4v) is 4.46. The monoisotopic (exact) mass is 442 g/mol. The number of halogens is 2. The molecule has 0 bridgehead atoms. The molecule has 2 saturated heterocycles. The van der Waals surface area contributed by atoms with Gasteiger partial charge in [0.05, 0.1) is 31.9 Å². The third kappa shape index (κ3) is 4.43. The van der Waals surface area contributed by atoms with Crippen LogP contribution < -0.4 is 9.64 Å². The Kier molecular flexibility index (Phi) is 6.55. The number of anilines is 1. The van der Waals surface area contributed by atoms with Crippen molar-refractivity contribution in [3.8, 4) is 29.0 Å². The molecule has 1 aromatic carbocycles. The Labute approximate surface area is 183 Å². The highest BCUT2D eigenvalue weighted by Crippen LogP contribution is 2.40. The standard InChI is InChI=1S/C22H20F2N4O2S/c23-5-6-30-17-3-1-15(2-4-17)20-18(7-25)21(28-9-16(24)10-28)27-22(19(20)8-26)31-13-14-11-29-12-14/h1-4,14,16H,5-6,9-13H2. The molecule has 2 fully saturated rings. The van der Waals surface area contributed by atoms with Crippen LogP contribution in [0.2, 0.25) is 0 Å². The number of benzene rings is 1. The second-order valence-electron chi connectivity index (χ2n) is 7.37. The lowest BCUT2D eigenvalue weighted by molar-refractivity contribution is -0.0196. The summed E-state index contributed by atoms with van der Waals surface area (Å²) >= 11 is 1.45. The van der Waals surface area contributed by atoms with Gasteiger partial charge >= 0.3 is 0 Å². The molecule has 4 rings (SSSR count). The first-order valence-corrected chi connectivity index (χ1v) is 10.9. The van der Waals surface area contributed by atoms with Gasteiger partial charge in [0.2, 0.25) is 0 Å². The lowest BCUT2D eigenvalue weighted by Gasteiger charge is -2.36. The quantitative estimate of drug-likeness (QED) is 0.576. The number of rotatable bonds is 8. The Morgan fingerprint density at radius 1 is 1.16 bits per heavy atom. The first-order valence-electron chi connectivity index (χ1n) is 9.91. The Morgan fingerprint density at radius 2 is 1.87 bits per heavy atom. The third-order valence-electron chi connectivity index (χ3n) is 5.16. The van der Waals surface area contributed by atoms with Crippen molar-refractivity contribution in [1.82, 2.24) is 4.98 Å². The highest BCUT2D eigenvalue weighted by Gasteiger charge is 2.33. The molecule has 31 heavy (non-hydrogen) atoms. The second-order valence-corrected chi connectivity index (χ2v) is 8.38. The Balaban J connectivity index is 1.77. The average Bonchev–Trinajstić information content (AvgIpc) is 2.73. The van der Waals surface area contributed by atoms with Crippen molar-refractivity contribution in [2.75, 3.05) is 50.2 Å². The van der Waals surface area contributed by atoms with Crippen molar-refractivity contribution < 1.29 is 18.3 Å². The zero-order valence-corrected chi connectivity index (χ0v) is 17.5. The topological polar surface area (TPSA) is 82.2 Å². The molecule has 1 aromatic heterocycles. The maximum atomic E-state index is 13.5. The number of alkyl halides is 2. The summed E-state index contributed by atoms with van der Waals surface area (Å²) in [6.07, 6.45) is -0.956. The van der Waals surface area contributed by atoms with Crippen LogP contribution in [0, 0.1) is 28.6 Å². The molecule has 160 valence electrons. The molecular weight excluding hydrogens is 422 g/mol. The van der Waals surface area contributed by atoms with Gasteiger partial charge in [0.1, 0.15) is 53.7 Å². The molecule has 9 heteroatoms. The highest BCUT2D eigenvalue weighted by atomic mass is 32.2. The number of hydrogen-bond donors (Lipinski definition) is 0. The lowest BCUT2D eigenvalue weighted by Crippen LogP contribution is -2.49. The molecule has 2 aliphatic rings. The molecule has 0 unspecified atom stereocenters. The van der Waals surface area contributed by atoms with Crippen molar-refractivity contribution >= 4 is 17.6 Å². The van der Waals surface area contributed by atoms with E-state index in [1.165, 1.54) is 11.8 Å². The van der Waals surface area contributed by atoms with Crippen LogP contribution in [0.1, 0.15) is 11.1 Å². The number of thioether (sulfide) groups is 1. The zero-order chi connectivity index (χ0) is 21.8. The first kappa shape index (κ1) is 21.4. The van der Waals surface area contributed by atoms with E-state index in [2.05, 4.69) is 17.1 Å². The van der Waals surface area contributed by atoms with Crippen molar-refractivity contribution in [2.24, 2.45) is 5.92 Å². The van der Waals surface area contributed by atoms with Crippen LogP contribution in [-0.4, -0.2) is 56.5 Å². The number of ether oxygens (including phenoxy) is 2. The number of nitriles is 2. The highest BCUT2D eigenvalue weighted by molar-refractivity contribution is 7.99. The minimum Gasteiger partial charge on any atom is -0.491 e. The summed E-state index contributed by atoms with van der Waals surface area (Å²) in [6.45, 7) is 1.07. The Bertz CT molecular complexity index is 1030. The van der Waals surface area contributed by atoms with Crippen molar-refractivity contribution in [3.63, 3.8) is 0 Å². The van der Waals surface area contributed by atoms with E-state index >= 15 is 0 Å². The molecule has 0 N–H and O–H groups in total. The van der Waals surface area contributed by atoms with Gasteiger partial charge in [-0.3, -0.25) is 0 Å². The lowest BCUT2D eigenvalue weighted by atomic mass is 9.95. The average molecular weight is 442 g/mol. The molecule has 0 radical (unpaired) electrons. The summed E-state index contributed by atoms with van der Waals surface area (Å²) < 4.78 is 36.4. The molecular formula is C22H20F2N4O2S. The van der Waals surface area contributed by atoms with E-state index in [9.17, 15) is 19.3 Å². The molecule has 6 nitrogen and oxygen atoms in total.